The maximum atomic E-state index is 12.4. The lowest BCUT2D eigenvalue weighted by Gasteiger charge is -2.05. The summed E-state index contributed by atoms with van der Waals surface area (Å²) in [4.78, 5) is 20.6. The average Bonchev–Trinajstić information content (AvgIpc) is 2.57. The van der Waals surface area contributed by atoms with Gasteiger partial charge in [0, 0.05) is 11.1 Å². The molecule has 6 nitrogen and oxygen atoms in total. The fourth-order valence-corrected chi connectivity index (χ4v) is 2.06. The Hall–Kier alpha value is -3.41. The van der Waals surface area contributed by atoms with Crippen LogP contribution in [0.15, 0.2) is 54.9 Å². The van der Waals surface area contributed by atoms with Crippen molar-refractivity contribution in [1.82, 2.24) is 9.97 Å². The zero-order valence-electron chi connectivity index (χ0n) is 11.8. The van der Waals surface area contributed by atoms with Crippen LogP contribution in [-0.2, 0) is 0 Å². The van der Waals surface area contributed by atoms with Gasteiger partial charge in [0.2, 0.25) is 5.78 Å². The van der Waals surface area contributed by atoms with Crippen LogP contribution < -0.4 is 0 Å². The fraction of sp³-hybridized carbons (Fsp3) is 0. The van der Waals surface area contributed by atoms with Crippen molar-refractivity contribution in [2.24, 2.45) is 0 Å². The first-order chi connectivity index (χ1) is 11.0. The predicted octanol–water partition coefficient (Wildman–Crippen LogP) is 2.49. The summed E-state index contributed by atoms with van der Waals surface area (Å²) in [6, 6.07) is 10.1. The topological polar surface area (TPSA) is 104 Å². The summed E-state index contributed by atoms with van der Waals surface area (Å²) in [5, 5.41) is 28.2. The Morgan fingerprint density at radius 3 is 2.30 bits per heavy atom. The molecule has 3 rings (SSSR count). The molecule has 0 amide bonds. The molecule has 0 saturated carbocycles. The molecule has 1 aromatic heterocycles. The molecule has 23 heavy (non-hydrogen) atoms. The molecule has 0 unspecified atom stereocenters. The van der Waals surface area contributed by atoms with E-state index < -0.39 is 0 Å². The number of carbonyl (C=O) groups is 1. The van der Waals surface area contributed by atoms with E-state index in [1.54, 1.807) is 6.07 Å². The molecule has 0 atom stereocenters. The van der Waals surface area contributed by atoms with Gasteiger partial charge >= 0.3 is 0 Å². The third-order valence-electron chi connectivity index (χ3n) is 3.27. The smallest absolute Gasteiger partial charge is 0.212 e. The maximum absolute atomic E-state index is 12.4. The molecule has 0 aliphatic carbocycles. The average molecular weight is 308 g/mol. The lowest BCUT2D eigenvalue weighted by atomic mass is 10.1. The number of nitrogens with zero attached hydrogens (tertiary/aromatic N) is 2. The van der Waals surface area contributed by atoms with Crippen LogP contribution >= 0.6 is 0 Å². The molecule has 0 fully saturated rings. The van der Waals surface area contributed by atoms with E-state index in [2.05, 4.69) is 9.97 Å². The summed E-state index contributed by atoms with van der Waals surface area (Å²) >= 11 is 0. The van der Waals surface area contributed by atoms with Crippen LogP contribution in [0.25, 0.3) is 11.3 Å². The molecule has 3 aromatic rings. The molecule has 6 heteroatoms. The maximum Gasteiger partial charge on any atom is 0.212 e. The number of rotatable bonds is 3. The van der Waals surface area contributed by atoms with Gasteiger partial charge in [-0.05, 0) is 42.5 Å². The van der Waals surface area contributed by atoms with Crippen molar-refractivity contribution in [3.05, 3.63) is 66.1 Å². The zero-order chi connectivity index (χ0) is 16.4. The summed E-state index contributed by atoms with van der Waals surface area (Å²) in [7, 11) is 0. The van der Waals surface area contributed by atoms with Gasteiger partial charge in [-0.1, -0.05) is 0 Å². The van der Waals surface area contributed by atoms with Crippen LogP contribution in [0.2, 0.25) is 0 Å². The number of aromatic nitrogens is 2. The van der Waals surface area contributed by atoms with E-state index in [-0.39, 0.29) is 28.7 Å². The number of ketones is 1. The number of phenolic OH excluding ortho intramolecular Hbond substituents is 3. The molecular formula is C17H12N2O4. The predicted molar refractivity (Wildman–Crippen MR) is 82.3 cm³/mol. The quantitative estimate of drug-likeness (QED) is 0.507. The van der Waals surface area contributed by atoms with Gasteiger partial charge in [-0.2, -0.15) is 0 Å². The highest BCUT2D eigenvalue weighted by Gasteiger charge is 2.13. The van der Waals surface area contributed by atoms with E-state index >= 15 is 0 Å². The van der Waals surface area contributed by atoms with Crippen molar-refractivity contribution in [3.63, 3.8) is 0 Å². The van der Waals surface area contributed by atoms with Crippen molar-refractivity contribution in [2.75, 3.05) is 0 Å². The Morgan fingerprint density at radius 1 is 0.870 bits per heavy atom. The summed E-state index contributed by atoms with van der Waals surface area (Å²) in [6.45, 7) is 0. The number of benzene rings is 2. The van der Waals surface area contributed by atoms with Crippen LogP contribution in [0.1, 0.15) is 16.1 Å². The number of hydrogen-bond acceptors (Lipinski definition) is 6. The molecule has 2 aromatic carbocycles. The Balaban J connectivity index is 1.97. The number of hydrogen-bond donors (Lipinski definition) is 3. The first-order valence-corrected chi connectivity index (χ1v) is 6.73. The monoisotopic (exact) mass is 308 g/mol. The highest BCUT2D eigenvalue weighted by molar-refractivity contribution is 6.07. The summed E-state index contributed by atoms with van der Waals surface area (Å²) in [5.41, 5.74) is 1.43. The van der Waals surface area contributed by atoms with Crippen LogP contribution in [0.4, 0.5) is 0 Å². The van der Waals surface area contributed by atoms with E-state index in [0.29, 0.717) is 16.8 Å². The minimum atomic E-state index is -0.331. The lowest BCUT2D eigenvalue weighted by Crippen LogP contribution is -2.05. The lowest BCUT2D eigenvalue weighted by molar-refractivity contribution is 0.103. The molecule has 0 aliphatic heterocycles. The fourth-order valence-electron chi connectivity index (χ4n) is 2.06. The minimum absolute atomic E-state index is 0.0703. The Bertz CT molecular complexity index is 876. The van der Waals surface area contributed by atoms with Crippen LogP contribution in [-0.4, -0.2) is 31.1 Å². The number of carbonyl (C=O) groups excluding carboxylic acids is 1. The van der Waals surface area contributed by atoms with Crippen LogP contribution in [0, 0.1) is 0 Å². The van der Waals surface area contributed by atoms with E-state index in [1.165, 1.54) is 48.8 Å². The Labute approximate surface area is 131 Å². The van der Waals surface area contributed by atoms with Gasteiger partial charge in [0.05, 0.1) is 18.1 Å². The van der Waals surface area contributed by atoms with Gasteiger partial charge < -0.3 is 15.3 Å². The third-order valence-corrected chi connectivity index (χ3v) is 3.27. The van der Waals surface area contributed by atoms with Crippen molar-refractivity contribution in [1.29, 1.82) is 0 Å². The van der Waals surface area contributed by atoms with Gasteiger partial charge in [-0.3, -0.25) is 9.78 Å². The van der Waals surface area contributed by atoms with E-state index in [1.807, 2.05) is 0 Å². The Kier molecular flexibility index (Phi) is 3.64. The van der Waals surface area contributed by atoms with Crippen molar-refractivity contribution in [2.45, 2.75) is 0 Å². The molecule has 0 radical (unpaired) electrons. The SMILES string of the molecule is O=C(c1ccc(O)cc1)c1cncc(-c2ccc(O)c(O)c2)n1. The van der Waals surface area contributed by atoms with Crippen LogP contribution in [0.3, 0.4) is 0 Å². The summed E-state index contributed by atoms with van der Waals surface area (Å²) in [6.07, 6.45) is 2.80. The van der Waals surface area contributed by atoms with Crippen molar-refractivity contribution in [3.8, 4) is 28.5 Å². The largest absolute Gasteiger partial charge is 0.508 e. The van der Waals surface area contributed by atoms with Crippen LogP contribution in [0.5, 0.6) is 17.2 Å². The van der Waals surface area contributed by atoms with E-state index in [4.69, 9.17) is 0 Å². The first kappa shape index (κ1) is 14.5. The molecule has 114 valence electrons. The number of aromatic hydroxyl groups is 3. The molecule has 0 aliphatic rings. The van der Waals surface area contributed by atoms with Gasteiger partial charge in [0.15, 0.2) is 11.5 Å². The second kappa shape index (κ2) is 5.76. The second-order valence-electron chi connectivity index (χ2n) is 4.87. The highest BCUT2D eigenvalue weighted by Crippen LogP contribution is 2.29. The normalized spacial score (nSPS) is 10.4. The van der Waals surface area contributed by atoms with E-state index in [9.17, 15) is 20.1 Å². The molecule has 0 bridgehead atoms. The van der Waals surface area contributed by atoms with Crippen molar-refractivity contribution >= 4 is 5.78 Å². The standard InChI is InChI=1S/C17H12N2O4/c20-12-4-1-10(2-5-12)17(23)14-9-18-8-13(19-14)11-3-6-15(21)16(22)7-11/h1-9,20-22H. The van der Waals surface area contributed by atoms with Gasteiger partial charge in [0.25, 0.3) is 0 Å². The van der Waals surface area contributed by atoms with Gasteiger partial charge in [0.1, 0.15) is 11.4 Å². The molecule has 3 N–H and O–H groups in total. The number of phenols is 3. The third kappa shape index (κ3) is 2.96. The zero-order valence-corrected chi connectivity index (χ0v) is 11.8. The highest BCUT2D eigenvalue weighted by atomic mass is 16.3. The van der Waals surface area contributed by atoms with Gasteiger partial charge in [-0.25, -0.2) is 4.98 Å². The van der Waals surface area contributed by atoms with Gasteiger partial charge in [-0.15, -0.1) is 0 Å². The molecule has 0 spiro atoms. The van der Waals surface area contributed by atoms with Crippen molar-refractivity contribution < 1.29 is 20.1 Å². The molecule has 1 heterocycles. The second-order valence-corrected chi connectivity index (χ2v) is 4.87. The van der Waals surface area contributed by atoms with E-state index in [0.717, 1.165) is 0 Å². The Morgan fingerprint density at radius 2 is 1.61 bits per heavy atom. The summed E-state index contributed by atoms with van der Waals surface area (Å²) in [5.74, 6) is -0.777. The summed E-state index contributed by atoms with van der Waals surface area (Å²) < 4.78 is 0. The minimum Gasteiger partial charge on any atom is -0.508 e. The molecular weight excluding hydrogens is 296 g/mol. The molecule has 0 saturated heterocycles. The first-order valence-electron chi connectivity index (χ1n) is 6.73.